The third-order valence-corrected chi connectivity index (χ3v) is 5.15. The molecule has 0 bridgehead atoms. The molecule has 3 aromatic rings. The standard InChI is InChI=1S/C22H24ClN3O/c1-2-24-19-6-3-16(4-7-19)21-13-17(15-26-9-11-27-12-10-26)20-8-5-18(23)14-22(20)25-21/h3-8,13-14,24H,2,9-12,15H2,1H3. The van der Waals surface area contributed by atoms with Crippen LogP contribution in [-0.4, -0.2) is 42.7 Å². The largest absolute Gasteiger partial charge is 0.385 e. The Bertz CT molecular complexity index is 921. The van der Waals surface area contributed by atoms with Crippen molar-refractivity contribution in [3.8, 4) is 11.3 Å². The fraction of sp³-hybridized carbons (Fsp3) is 0.318. The van der Waals surface area contributed by atoms with Gasteiger partial charge in [0.1, 0.15) is 0 Å². The lowest BCUT2D eigenvalue weighted by Crippen LogP contribution is -2.35. The van der Waals surface area contributed by atoms with Gasteiger partial charge in [0.2, 0.25) is 0 Å². The molecule has 0 aliphatic carbocycles. The third-order valence-electron chi connectivity index (χ3n) is 4.92. The first kappa shape index (κ1) is 18.2. The molecule has 0 atom stereocenters. The minimum Gasteiger partial charge on any atom is -0.385 e. The van der Waals surface area contributed by atoms with E-state index in [4.69, 9.17) is 21.3 Å². The number of morpholine rings is 1. The van der Waals surface area contributed by atoms with E-state index in [0.717, 1.165) is 61.9 Å². The number of halogens is 1. The molecular formula is C22H24ClN3O. The Morgan fingerprint density at radius 2 is 1.85 bits per heavy atom. The van der Waals surface area contributed by atoms with E-state index in [1.807, 2.05) is 12.1 Å². The Morgan fingerprint density at radius 1 is 1.07 bits per heavy atom. The minimum absolute atomic E-state index is 0.715. The van der Waals surface area contributed by atoms with Gasteiger partial charge in [-0.3, -0.25) is 4.90 Å². The van der Waals surface area contributed by atoms with E-state index in [2.05, 4.69) is 53.5 Å². The maximum absolute atomic E-state index is 6.24. The second-order valence-corrected chi connectivity index (χ2v) is 7.26. The van der Waals surface area contributed by atoms with Crippen molar-refractivity contribution in [3.05, 3.63) is 59.1 Å². The summed E-state index contributed by atoms with van der Waals surface area (Å²) in [5, 5.41) is 5.21. The molecule has 0 spiro atoms. The highest BCUT2D eigenvalue weighted by atomic mass is 35.5. The smallest absolute Gasteiger partial charge is 0.0727 e. The average molecular weight is 382 g/mol. The zero-order valence-electron chi connectivity index (χ0n) is 15.5. The maximum Gasteiger partial charge on any atom is 0.0727 e. The first-order valence-electron chi connectivity index (χ1n) is 9.46. The van der Waals surface area contributed by atoms with Crippen molar-refractivity contribution in [2.75, 3.05) is 38.2 Å². The summed E-state index contributed by atoms with van der Waals surface area (Å²) in [6.07, 6.45) is 0. The van der Waals surface area contributed by atoms with Crippen LogP contribution in [0.5, 0.6) is 0 Å². The Morgan fingerprint density at radius 3 is 2.59 bits per heavy atom. The molecule has 5 heteroatoms. The summed E-state index contributed by atoms with van der Waals surface area (Å²) in [4.78, 5) is 7.32. The third kappa shape index (κ3) is 4.24. The first-order chi connectivity index (χ1) is 13.2. The van der Waals surface area contributed by atoms with Crippen molar-refractivity contribution >= 4 is 28.2 Å². The van der Waals surface area contributed by atoms with E-state index in [9.17, 15) is 0 Å². The molecular weight excluding hydrogens is 358 g/mol. The van der Waals surface area contributed by atoms with Gasteiger partial charge in [-0.2, -0.15) is 0 Å². The molecule has 1 fully saturated rings. The summed E-state index contributed by atoms with van der Waals surface area (Å²) in [6.45, 7) is 7.43. The van der Waals surface area contributed by atoms with Crippen LogP contribution in [0.2, 0.25) is 5.02 Å². The van der Waals surface area contributed by atoms with E-state index < -0.39 is 0 Å². The van der Waals surface area contributed by atoms with Crippen LogP contribution >= 0.6 is 11.6 Å². The molecule has 0 unspecified atom stereocenters. The van der Waals surface area contributed by atoms with Gasteiger partial charge in [-0.1, -0.05) is 29.8 Å². The van der Waals surface area contributed by atoms with Crippen LogP contribution in [0.15, 0.2) is 48.5 Å². The van der Waals surface area contributed by atoms with Gasteiger partial charge in [0.15, 0.2) is 0 Å². The minimum atomic E-state index is 0.715. The quantitative estimate of drug-likeness (QED) is 0.687. The van der Waals surface area contributed by atoms with Crippen molar-refractivity contribution in [2.24, 2.45) is 0 Å². The average Bonchev–Trinajstić information content (AvgIpc) is 2.69. The van der Waals surface area contributed by atoms with Gasteiger partial charge >= 0.3 is 0 Å². The van der Waals surface area contributed by atoms with Crippen molar-refractivity contribution in [1.29, 1.82) is 0 Å². The number of pyridine rings is 1. The van der Waals surface area contributed by atoms with Crippen LogP contribution in [0.4, 0.5) is 5.69 Å². The van der Waals surface area contributed by atoms with Gasteiger partial charge in [-0.25, -0.2) is 4.98 Å². The van der Waals surface area contributed by atoms with Crippen molar-refractivity contribution in [2.45, 2.75) is 13.5 Å². The molecule has 2 aromatic carbocycles. The first-order valence-corrected chi connectivity index (χ1v) is 9.84. The zero-order valence-corrected chi connectivity index (χ0v) is 16.3. The van der Waals surface area contributed by atoms with Crippen LogP contribution < -0.4 is 5.32 Å². The molecule has 0 amide bonds. The van der Waals surface area contributed by atoms with E-state index in [1.54, 1.807) is 0 Å². The van der Waals surface area contributed by atoms with Crippen molar-refractivity contribution < 1.29 is 4.74 Å². The number of nitrogens with one attached hydrogen (secondary N) is 1. The monoisotopic (exact) mass is 381 g/mol. The molecule has 1 aliphatic rings. The van der Waals surface area contributed by atoms with Crippen LogP contribution in [0.25, 0.3) is 22.2 Å². The van der Waals surface area contributed by atoms with Gasteiger partial charge in [0.05, 0.1) is 24.4 Å². The summed E-state index contributed by atoms with van der Waals surface area (Å²) in [6, 6.07) is 16.6. The summed E-state index contributed by atoms with van der Waals surface area (Å²) < 4.78 is 5.49. The highest BCUT2D eigenvalue weighted by molar-refractivity contribution is 6.31. The van der Waals surface area contributed by atoms with Crippen LogP contribution in [0, 0.1) is 0 Å². The van der Waals surface area contributed by atoms with Gasteiger partial charge < -0.3 is 10.1 Å². The van der Waals surface area contributed by atoms with Crippen LogP contribution in [0.1, 0.15) is 12.5 Å². The molecule has 1 saturated heterocycles. The van der Waals surface area contributed by atoms with Crippen molar-refractivity contribution in [1.82, 2.24) is 9.88 Å². The Hall–Kier alpha value is -2.14. The second kappa shape index (κ2) is 8.26. The number of anilines is 1. The predicted octanol–water partition coefficient (Wildman–Crippen LogP) is 4.82. The molecule has 4 nitrogen and oxygen atoms in total. The normalized spacial score (nSPS) is 15.2. The number of fused-ring (bicyclic) bond motifs is 1. The van der Waals surface area contributed by atoms with Gasteiger partial charge in [-0.05, 0) is 42.8 Å². The fourth-order valence-corrected chi connectivity index (χ4v) is 3.68. The van der Waals surface area contributed by atoms with E-state index in [1.165, 1.54) is 10.9 Å². The maximum atomic E-state index is 6.24. The number of benzene rings is 2. The molecule has 1 aromatic heterocycles. The number of hydrogen-bond acceptors (Lipinski definition) is 4. The summed E-state index contributed by atoms with van der Waals surface area (Å²) in [7, 11) is 0. The highest BCUT2D eigenvalue weighted by Gasteiger charge is 2.14. The number of aromatic nitrogens is 1. The summed E-state index contributed by atoms with van der Waals surface area (Å²) in [5.41, 5.74) is 5.44. The number of rotatable bonds is 5. The zero-order chi connectivity index (χ0) is 18.6. The van der Waals surface area contributed by atoms with Gasteiger partial charge in [-0.15, -0.1) is 0 Å². The van der Waals surface area contributed by atoms with Crippen LogP contribution in [-0.2, 0) is 11.3 Å². The molecule has 27 heavy (non-hydrogen) atoms. The number of nitrogens with zero attached hydrogens (tertiary/aromatic N) is 2. The molecule has 4 rings (SSSR count). The summed E-state index contributed by atoms with van der Waals surface area (Å²) in [5.74, 6) is 0. The van der Waals surface area contributed by atoms with Crippen molar-refractivity contribution in [3.63, 3.8) is 0 Å². The molecule has 1 N–H and O–H groups in total. The SMILES string of the molecule is CCNc1ccc(-c2cc(CN3CCOCC3)c3ccc(Cl)cc3n2)cc1. The predicted molar refractivity (Wildman–Crippen MR) is 112 cm³/mol. The van der Waals surface area contributed by atoms with Crippen LogP contribution in [0.3, 0.4) is 0 Å². The van der Waals surface area contributed by atoms with E-state index in [-0.39, 0.29) is 0 Å². The number of hydrogen-bond donors (Lipinski definition) is 1. The molecule has 0 radical (unpaired) electrons. The lowest BCUT2D eigenvalue weighted by molar-refractivity contribution is 0.0344. The van der Waals surface area contributed by atoms with E-state index >= 15 is 0 Å². The fourth-order valence-electron chi connectivity index (χ4n) is 3.52. The topological polar surface area (TPSA) is 37.4 Å². The van der Waals surface area contributed by atoms with Gasteiger partial charge in [0.25, 0.3) is 0 Å². The Balaban J connectivity index is 1.73. The summed E-state index contributed by atoms with van der Waals surface area (Å²) >= 11 is 6.24. The molecule has 140 valence electrons. The highest BCUT2D eigenvalue weighted by Crippen LogP contribution is 2.28. The van der Waals surface area contributed by atoms with E-state index in [0.29, 0.717) is 5.02 Å². The van der Waals surface area contributed by atoms with Gasteiger partial charge in [0, 0.05) is 47.8 Å². The lowest BCUT2D eigenvalue weighted by Gasteiger charge is -2.27. The number of ether oxygens (including phenoxy) is 1. The molecule has 1 aliphatic heterocycles. The Labute approximate surface area is 165 Å². The second-order valence-electron chi connectivity index (χ2n) is 6.82. The lowest BCUT2D eigenvalue weighted by atomic mass is 10.0. The Kier molecular flexibility index (Phi) is 5.58. The molecule has 2 heterocycles. The molecule has 0 saturated carbocycles.